The van der Waals surface area contributed by atoms with Gasteiger partial charge in [0.25, 0.3) is 0 Å². The number of sulfonamides is 1. The Morgan fingerprint density at radius 1 is 1.38 bits per heavy atom. The molecule has 0 amide bonds. The predicted octanol–water partition coefficient (Wildman–Crippen LogP) is -1.84. The highest BCUT2D eigenvalue weighted by molar-refractivity contribution is 7.89. The van der Waals surface area contributed by atoms with Crippen LogP contribution in [0.2, 0.25) is 0 Å². The summed E-state index contributed by atoms with van der Waals surface area (Å²) < 4.78 is 26.1. The summed E-state index contributed by atoms with van der Waals surface area (Å²) in [6, 6.07) is 0.0469. The van der Waals surface area contributed by atoms with Gasteiger partial charge in [0.05, 0.1) is 12.9 Å². The molecular weight excluding hydrogens is 236 g/mol. The molecule has 0 aliphatic rings. The second-order valence-corrected chi connectivity index (χ2v) is 4.53. The van der Waals surface area contributed by atoms with Crippen molar-refractivity contribution in [1.82, 2.24) is 15.0 Å². The molecule has 0 saturated heterocycles. The zero-order valence-corrected chi connectivity index (χ0v) is 9.36. The lowest BCUT2D eigenvalue weighted by molar-refractivity contribution is 0.380. The maximum absolute atomic E-state index is 10.6. The minimum absolute atomic E-state index is 0.0232. The van der Waals surface area contributed by atoms with E-state index < -0.39 is 10.0 Å². The molecule has 0 aromatic carbocycles. The lowest BCUT2D eigenvalue weighted by Gasteiger charge is -2.05. The Bertz CT molecular complexity index is 461. The van der Waals surface area contributed by atoms with Crippen LogP contribution in [0.4, 0.5) is 11.9 Å². The van der Waals surface area contributed by atoms with E-state index in [1.165, 1.54) is 7.11 Å². The molecule has 0 unspecified atom stereocenters. The van der Waals surface area contributed by atoms with E-state index in [0.717, 1.165) is 0 Å². The lowest BCUT2D eigenvalue weighted by Crippen LogP contribution is -2.23. The standard InChI is InChI=1S/C6H12N6O3S/c1-15-6-11-4(7)10-5(12-6)9-2-3-16(8,13)14/h2-3H2,1H3,(H2,8,13,14)(H3,7,9,10,11,12). The van der Waals surface area contributed by atoms with Gasteiger partial charge in [-0.2, -0.15) is 15.0 Å². The van der Waals surface area contributed by atoms with Crippen molar-refractivity contribution in [3.8, 4) is 6.01 Å². The number of methoxy groups -OCH3 is 1. The number of rotatable bonds is 5. The number of nitrogens with one attached hydrogen (secondary N) is 1. The normalized spacial score (nSPS) is 11.1. The monoisotopic (exact) mass is 248 g/mol. The number of hydrogen-bond acceptors (Lipinski definition) is 8. The molecule has 1 aromatic rings. The van der Waals surface area contributed by atoms with Crippen molar-refractivity contribution < 1.29 is 13.2 Å². The molecule has 0 saturated carbocycles. The van der Waals surface area contributed by atoms with E-state index in [9.17, 15) is 8.42 Å². The first-order chi connectivity index (χ1) is 7.40. The van der Waals surface area contributed by atoms with Crippen molar-refractivity contribution >= 4 is 21.9 Å². The molecule has 1 aromatic heterocycles. The van der Waals surface area contributed by atoms with Gasteiger partial charge in [0.15, 0.2) is 0 Å². The molecule has 1 heterocycles. The van der Waals surface area contributed by atoms with E-state index in [4.69, 9.17) is 15.6 Å². The summed E-state index contributed by atoms with van der Waals surface area (Å²) in [5.74, 6) is -0.126. The van der Waals surface area contributed by atoms with Gasteiger partial charge < -0.3 is 15.8 Å². The number of aromatic nitrogens is 3. The van der Waals surface area contributed by atoms with Gasteiger partial charge in [0.2, 0.25) is 21.9 Å². The van der Waals surface area contributed by atoms with Crippen molar-refractivity contribution in [1.29, 1.82) is 0 Å². The topological polar surface area (TPSA) is 146 Å². The maximum atomic E-state index is 10.6. The van der Waals surface area contributed by atoms with E-state index in [-0.39, 0.29) is 30.2 Å². The number of nitrogens with zero attached hydrogens (tertiary/aromatic N) is 3. The van der Waals surface area contributed by atoms with Crippen LogP contribution < -0.4 is 20.9 Å². The Morgan fingerprint density at radius 3 is 2.62 bits per heavy atom. The summed E-state index contributed by atoms with van der Waals surface area (Å²) >= 11 is 0. The van der Waals surface area contributed by atoms with Crippen LogP contribution in [0.15, 0.2) is 0 Å². The van der Waals surface area contributed by atoms with Crippen LogP contribution in [0, 0.1) is 0 Å². The number of nitrogens with two attached hydrogens (primary N) is 2. The largest absolute Gasteiger partial charge is 0.467 e. The van der Waals surface area contributed by atoms with Crippen LogP contribution in [0.3, 0.4) is 0 Å². The number of primary sulfonamides is 1. The summed E-state index contributed by atoms with van der Waals surface area (Å²) in [6.45, 7) is 0.0748. The summed E-state index contributed by atoms with van der Waals surface area (Å²) in [5.41, 5.74) is 5.37. The summed E-state index contributed by atoms with van der Waals surface area (Å²) in [7, 11) is -2.14. The first-order valence-electron chi connectivity index (χ1n) is 4.20. The Hall–Kier alpha value is -1.68. The fourth-order valence-electron chi connectivity index (χ4n) is 0.848. The van der Waals surface area contributed by atoms with Crippen molar-refractivity contribution in [2.75, 3.05) is 30.5 Å². The molecule has 16 heavy (non-hydrogen) atoms. The average Bonchev–Trinajstić information content (AvgIpc) is 2.14. The zero-order valence-electron chi connectivity index (χ0n) is 8.54. The van der Waals surface area contributed by atoms with Crippen LogP contribution in [-0.2, 0) is 10.0 Å². The fourth-order valence-corrected chi connectivity index (χ4v) is 1.23. The SMILES string of the molecule is COc1nc(N)nc(NCCS(N)(=O)=O)n1. The molecule has 0 aliphatic heterocycles. The summed E-state index contributed by atoms with van der Waals surface area (Å²) in [6.07, 6.45) is 0. The third kappa shape index (κ3) is 4.23. The average molecular weight is 248 g/mol. The predicted molar refractivity (Wildman–Crippen MR) is 57.3 cm³/mol. The molecule has 9 nitrogen and oxygen atoms in total. The maximum Gasteiger partial charge on any atom is 0.322 e. The Balaban J connectivity index is 2.63. The van der Waals surface area contributed by atoms with Gasteiger partial charge in [-0.15, -0.1) is 0 Å². The lowest BCUT2D eigenvalue weighted by atomic mass is 10.7. The van der Waals surface area contributed by atoms with Gasteiger partial charge in [-0.3, -0.25) is 0 Å². The second-order valence-electron chi connectivity index (χ2n) is 2.80. The number of ether oxygens (including phenoxy) is 1. The van der Waals surface area contributed by atoms with Crippen LogP contribution in [0.25, 0.3) is 0 Å². The highest BCUT2D eigenvalue weighted by atomic mass is 32.2. The third-order valence-electron chi connectivity index (χ3n) is 1.48. The number of hydrogen-bond donors (Lipinski definition) is 3. The Kier molecular flexibility index (Phi) is 3.79. The van der Waals surface area contributed by atoms with E-state index in [1.807, 2.05) is 0 Å². The highest BCUT2D eigenvalue weighted by Crippen LogP contribution is 2.07. The number of nitrogen functional groups attached to an aromatic ring is 1. The zero-order chi connectivity index (χ0) is 12.2. The van der Waals surface area contributed by atoms with Gasteiger partial charge in [0.1, 0.15) is 0 Å². The molecule has 0 bridgehead atoms. The van der Waals surface area contributed by atoms with Gasteiger partial charge in [-0.05, 0) is 0 Å². The Morgan fingerprint density at radius 2 is 2.06 bits per heavy atom. The van der Waals surface area contributed by atoms with E-state index in [0.29, 0.717) is 0 Å². The molecule has 90 valence electrons. The number of anilines is 2. The van der Waals surface area contributed by atoms with Gasteiger partial charge >= 0.3 is 6.01 Å². The molecule has 1 rings (SSSR count). The molecule has 0 aliphatic carbocycles. The molecule has 5 N–H and O–H groups in total. The smallest absolute Gasteiger partial charge is 0.322 e. The highest BCUT2D eigenvalue weighted by Gasteiger charge is 2.06. The quantitative estimate of drug-likeness (QED) is 0.551. The fraction of sp³-hybridized carbons (Fsp3) is 0.500. The van der Waals surface area contributed by atoms with E-state index in [1.54, 1.807) is 0 Å². The van der Waals surface area contributed by atoms with Crippen LogP contribution in [0.1, 0.15) is 0 Å². The van der Waals surface area contributed by atoms with Crippen LogP contribution >= 0.6 is 0 Å². The van der Waals surface area contributed by atoms with Crippen molar-refractivity contribution in [3.63, 3.8) is 0 Å². The molecule has 0 spiro atoms. The van der Waals surface area contributed by atoms with E-state index in [2.05, 4.69) is 20.3 Å². The van der Waals surface area contributed by atoms with Crippen LogP contribution in [-0.4, -0.2) is 42.8 Å². The van der Waals surface area contributed by atoms with Crippen molar-refractivity contribution in [3.05, 3.63) is 0 Å². The molecule has 10 heteroatoms. The van der Waals surface area contributed by atoms with Gasteiger partial charge in [-0.25, -0.2) is 13.6 Å². The van der Waals surface area contributed by atoms with E-state index >= 15 is 0 Å². The van der Waals surface area contributed by atoms with Gasteiger partial charge in [-0.1, -0.05) is 0 Å². The second kappa shape index (κ2) is 4.90. The first-order valence-corrected chi connectivity index (χ1v) is 5.92. The summed E-state index contributed by atoms with van der Waals surface area (Å²) in [4.78, 5) is 11.2. The minimum Gasteiger partial charge on any atom is -0.467 e. The van der Waals surface area contributed by atoms with Crippen molar-refractivity contribution in [2.45, 2.75) is 0 Å². The molecule has 0 fully saturated rings. The van der Waals surface area contributed by atoms with Crippen molar-refractivity contribution in [2.24, 2.45) is 5.14 Å². The molecule has 0 atom stereocenters. The first kappa shape index (κ1) is 12.4. The van der Waals surface area contributed by atoms with Crippen LogP contribution in [0.5, 0.6) is 6.01 Å². The minimum atomic E-state index is -3.52. The molecule has 0 radical (unpaired) electrons. The Labute approximate surface area is 92.3 Å². The molecular formula is C6H12N6O3S. The van der Waals surface area contributed by atoms with Gasteiger partial charge in [0, 0.05) is 6.54 Å². The third-order valence-corrected chi connectivity index (χ3v) is 2.26. The summed E-state index contributed by atoms with van der Waals surface area (Å²) in [5, 5.41) is 7.45.